The first-order chi connectivity index (χ1) is 11.7. The summed E-state index contributed by atoms with van der Waals surface area (Å²) in [6, 6.07) is 7.75. The fourth-order valence-electron chi connectivity index (χ4n) is 4.69. The lowest BCUT2D eigenvalue weighted by molar-refractivity contribution is -0.132. The number of likely N-dealkylation sites (tertiary alicyclic amines) is 1. The summed E-state index contributed by atoms with van der Waals surface area (Å²) in [6.07, 6.45) is 10.3. The maximum atomic E-state index is 12.8. The predicted molar refractivity (Wildman–Crippen MR) is 96.7 cm³/mol. The number of nitrogens with two attached hydrogens (primary N) is 1. The van der Waals surface area contributed by atoms with Gasteiger partial charge < -0.3 is 15.6 Å². The molecule has 1 saturated heterocycles. The van der Waals surface area contributed by atoms with E-state index in [0.717, 1.165) is 24.2 Å². The molecule has 1 aliphatic carbocycles. The number of nitrogens with zero attached hydrogens (tertiary/aromatic N) is 1. The van der Waals surface area contributed by atoms with E-state index in [0.29, 0.717) is 11.8 Å². The molecule has 1 aliphatic heterocycles. The second-order valence-electron chi connectivity index (χ2n) is 7.74. The molecule has 2 heterocycles. The number of benzene rings is 1. The Morgan fingerprint density at radius 3 is 2.83 bits per heavy atom. The third-order valence-corrected chi connectivity index (χ3v) is 6.10. The summed E-state index contributed by atoms with van der Waals surface area (Å²) >= 11 is 0. The highest BCUT2D eigenvalue weighted by Gasteiger charge is 2.41. The average molecular weight is 325 g/mol. The molecule has 3 N–H and O–H groups in total. The zero-order valence-corrected chi connectivity index (χ0v) is 14.3. The summed E-state index contributed by atoms with van der Waals surface area (Å²) in [7, 11) is 0. The molecular formula is C20H27N3O. The largest absolute Gasteiger partial charge is 0.361 e. The van der Waals surface area contributed by atoms with Crippen LogP contribution in [0.25, 0.3) is 10.9 Å². The molecule has 1 aromatic carbocycles. The Kier molecular flexibility index (Phi) is 4.09. The number of nitrogens with one attached hydrogen (secondary N) is 1. The number of amides is 1. The lowest BCUT2D eigenvalue weighted by atomic mass is 9.73. The summed E-state index contributed by atoms with van der Waals surface area (Å²) in [6.45, 7) is 1.81. The Morgan fingerprint density at radius 1 is 1.21 bits per heavy atom. The smallest absolute Gasteiger partial charge is 0.239 e. The lowest BCUT2D eigenvalue weighted by Crippen LogP contribution is -2.44. The Balaban J connectivity index is 1.43. The second-order valence-corrected chi connectivity index (χ2v) is 7.74. The van der Waals surface area contributed by atoms with Gasteiger partial charge in [0, 0.05) is 30.2 Å². The maximum Gasteiger partial charge on any atom is 0.239 e. The lowest BCUT2D eigenvalue weighted by Gasteiger charge is -2.33. The van der Waals surface area contributed by atoms with Crippen molar-refractivity contribution in [2.75, 3.05) is 13.1 Å². The third kappa shape index (κ3) is 2.84. The summed E-state index contributed by atoms with van der Waals surface area (Å²) < 4.78 is 0. The van der Waals surface area contributed by atoms with Crippen LogP contribution in [0.4, 0.5) is 0 Å². The first-order valence-electron chi connectivity index (χ1n) is 9.26. The molecule has 4 nitrogen and oxygen atoms in total. The molecule has 2 aromatic rings. The molecule has 4 heteroatoms. The van der Waals surface area contributed by atoms with Gasteiger partial charge in [0.15, 0.2) is 0 Å². The third-order valence-electron chi connectivity index (χ3n) is 6.10. The van der Waals surface area contributed by atoms with Crippen LogP contribution in [0.1, 0.15) is 44.1 Å². The zero-order valence-electron chi connectivity index (χ0n) is 14.3. The maximum absolute atomic E-state index is 12.8. The number of hydrogen-bond donors (Lipinski definition) is 2. The van der Waals surface area contributed by atoms with E-state index in [1.165, 1.54) is 43.9 Å². The number of fused-ring (bicyclic) bond motifs is 1. The van der Waals surface area contributed by atoms with Gasteiger partial charge in [-0.1, -0.05) is 37.5 Å². The van der Waals surface area contributed by atoms with Crippen molar-refractivity contribution in [3.63, 3.8) is 0 Å². The minimum Gasteiger partial charge on any atom is -0.361 e. The second kappa shape index (κ2) is 6.25. The molecule has 2 aliphatic rings. The number of carbonyl (C=O) groups excluding carboxylic acids is 1. The monoisotopic (exact) mass is 325 g/mol. The molecular weight excluding hydrogens is 298 g/mol. The fourth-order valence-corrected chi connectivity index (χ4v) is 4.69. The van der Waals surface area contributed by atoms with Crippen molar-refractivity contribution < 1.29 is 4.79 Å². The van der Waals surface area contributed by atoms with Gasteiger partial charge >= 0.3 is 0 Å². The first-order valence-corrected chi connectivity index (χ1v) is 9.26. The highest BCUT2D eigenvalue weighted by Crippen LogP contribution is 2.43. The predicted octanol–water partition coefficient (Wildman–Crippen LogP) is 3.22. The Morgan fingerprint density at radius 2 is 2.00 bits per heavy atom. The van der Waals surface area contributed by atoms with Crippen LogP contribution in [-0.4, -0.2) is 34.9 Å². The van der Waals surface area contributed by atoms with E-state index in [-0.39, 0.29) is 5.91 Å². The molecule has 128 valence electrons. The molecule has 1 spiro atoms. The Hall–Kier alpha value is -1.81. The van der Waals surface area contributed by atoms with Crippen LogP contribution in [-0.2, 0) is 11.2 Å². The summed E-state index contributed by atoms with van der Waals surface area (Å²) in [4.78, 5) is 18.1. The van der Waals surface area contributed by atoms with Crippen LogP contribution in [0.3, 0.4) is 0 Å². The molecule has 0 bridgehead atoms. The van der Waals surface area contributed by atoms with Crippen molar-refractivity contribution in [3.05, 3.63) is 36.0 Å². The fraction of sp³-hybridized carbons (Fsp3) is 0.550. The number of rotatable bonds is 3. The van der Waals surface area contributed by atoms with Crippen molar-refractivity contribution >= 4 is 16.8 Å². The van der Waals surface area contributed by atoms with Gasteiger partial charge in [-0.05, 0) is 42.7 Å². The summed E-state index contributed by atoms with van der Waals surface area (Å²) in [5.74, 6) is 0.128. The molecule has 1 saturated carbocycles. The van der Waals surface area contributed by atoms with Crippen molar-refractivity contribution in [2.45, 2.75) is 51.0 Å². The van der Waals surface area contributed by atoms with E-state index in [9.17, 15) is 4.79 Å². The van der Waals surface area contributed by atoms with E-state index in [2.05, 4.69) is 17.1 Å². The number of aromatic amines is 1. The standard InChI is InChI=1S/C20H27N3O/c21-17(12-15-13-22-18-7-3-2-6-16(15)18)19(24)23-11-10-20(14-23)8-4-1-5-9-20/h2-3,6-7,13,17,22H,1,4-5,8-12,14,21H2/t17-/m0/s1. The van der Waals surface area contributed by atoms with Crippen molar-refractivity contribution in [1.82, 2.24) is 9.88 Å². The van der Waals surface area contributed by atoms with Crippen LogP contribution in [0.15, 0.2) is 30.5 Å². The minimum absolute atomic E-state index is 0.128. The van der Waals surface area contributed by atoms with E-state index in [1.807, 2.05) is 23.2 Å². The Bertz CT molecular complexity index is 729. The van der Waals surface area contributed by atoms with Gasteiger partial charge in [0.2, 0.25) is 5.91 Å². The van der Waals surface area contributed by atoms with Gasteiger partial charge in [0.1, 0.15) is 0 Å². The summed E-state index contributed by atoms with van der Waals surface area (Å²) in [5, 5.41) is 1.17. The van der Waals surface area contributed by atoms with Gasteiger partial charge in [-0.3, -0.25) is 4.79 Å². The van der Waals surface area contributed by atoms with Crippen molar-refractivity contribution in [1.29, 1.82) is 0 Å². The molecule has 1 aromatic heterocycles. The van der Waals surface area contributed by atoms with Gasteiger partial charge in [-0.25, -0.2) is 0 Å². The average Bonchev–Trinajstić information content (AvgIpc) is 3.20. The van der Waals surface area contributed by atoms with Crippen molar-refractivity contribution in [2.24, 2.45) is 11.1 Å². The SMILES string of the molecule is N[C@@H](Cc1c[nH]c2ccccc12)C(=O)N1CCC2(CCCCC2)C1. The van der Waals surface area contributed by atoms with Gasteiger partial charge in [-0.15, -0.1) is 0 Å². The number of para-hydroxylation sites is 1. The van der Waals surface area contributed by atoms with Gasteiger partial charge in [0.05, 0.1) is 6.04 Å². The van der Waals surface area contributed by atoms with Crippen LogP contribution < -0.4 is 5.73 Å². The van der Waals surface area contributed by atoms with E-state index >= 15 is 0 Å². The van der Waals surface area contributed by atoms with Crippen molar-refractivity contribution in [3.8, 4) is 0 Å². The number of carbonyl (C=O) groups is 1. The van der Waals surface area contributed by atoms with E-state index < -0.39 is 6.04 Å². The van der Waals surface area contributed by atoms with Crippen LogP contribution >= 0.6 is 0 Å². The van der Waals surface area contributed by atoms with E-state index in [1.54, 1.807) is 0 Å². The zero-order chi connectivity index (χ0) is 16.6. The molecule has 2 fully saturated rings. The first kappa shape index (κ1) is 15.7. The number of hydrogen-bond acceptors (Lipinski definition) is 2. The van der Waals surface area contributed by atoms with Crippen LogP contribution in [0, 0.1) is 5.41 Å². The molecule has 0 radical (unpaired) electrons. The number of H-pyrrole nitrogens is 1. The molecule has 4 rings (SSSR count). The molecule has 1 atom stereocenters. The van der Waals surface area contributed by atoms with Crippen LogP contribution in [0.5, 0.6) is 0 Å². The highest BCUT2D eigenvalue weighted by atomic mass is 16.2. The van der Waals surface area contributed by atoms with E-state index in [4.69, 9.17) is 5.73 Å². The molecule has 1 amide bonds. The topological polar surface area (TPSA) is 62.1 Å². The normalized spacial score (nSPS) is 21.5. The molecule has 24 heavy (non-hydrogen) atoms. The van der Waals surface area contributed by atoms with Gasteiger partial charge in [-0.2, -0.15) is 0 Å². The summed E-state index contributed by atoms with van der Waals surface area (Å²) in [5.41, 5.74) is 8.93. The van der Waals surface area contributed by atoms with Crippen LogP contribution in [0.2, 0.25) is 0 Å². The minimum atomic E-state index is -0.442. The molecule has 0 unspecified atom stereocenters. The number of aromatic nitrogens is 1. The van der Waals surface area contributed by atoms with Gasteiger partial charge in [0.25, 0.3) is 0 Å². The Labute approximate surface area is 143 Å². The highest BCUT2D eigenvalue weighted by molar-refractivity contribution is 5.86. The quantitative estimate of drug-likeness (QED) is 0.910.